The minimum atomic E-state index is -0.542. The van der Waals surface area contributed by atoms with Gasteiger partial charge in [0, 0.05) is 39.5 Å². The predicted molar refractivity (Wildman–Crippen MR) is 84.8 cm³/mol. The van der Waals surface area contributed by atoms with Gasteiger partial charge in [-0.2, -0.15) is 0 Å². The van der Waals surface area contributed by atoms with E-state index in [0.29, 0.717) is 38.5 Å². The number of hydrogen-bond acceptors (Lipinski definition) is 4. The number of hydrogen-bond donors (Lipinski definition) is 0. The molecule has 6 nitrogen and oxygen atoms in total. The number of methoxy groups -OCH3 is 2. The van der Waals surface area contributed by atoms with Crippen molar-refractivity contribution in [2.75, 3.05) is 52.0 Å². The van der Waals surface area contributed by atoms with Gasteiger partial charge in [-0.05, 0) is 19.1 Å². The summed E-state index contributed by atoms with van der Waals surface area (Å²) in [4.78, 5) is 27.9. The van der Waals surface area contributed by atoms with E-state index in [1.54, 1.807) is 14.2 Å². The highest BCUT2D eigenvalue weighted by atomic mass is 16.5. The van der Waals surface area contributed by atoms with Crippen molar-refractivity contribution in [3.63, 3.8) is 0 Å². The predicted octanol–water partition coefficient (Wildman–Crippen LogP) is 1.16. The Morgan fingerprint density at radius 3 is 1.95 bits per heavy atom. The number of benzene rings is 1. The van der Waals surface area contributed by atoms with Gasteiger partial charge in [0.2, 0.25) is 0 Å². The largest absolute Gasteiger partial charge is 0.383 e. The smallest absolute Gasteiger partial charge is 0.316 e. The Labute approximate surface area is 131 Å². The molecule has 0 bridgehead atoms. The highest BCUT2D eigenvalue weighted by Crippen LogP contribution is 2.13. The Morgan fingerprint density at radius 1 is 0.955 bits per heavy atom. The number of carbonyl (C=O) groups excluding carboxylic acids is 2. The van der Waals surface area contributed by atoms with Gasteiger partial charge in [0.25, 0.3) is 0 Å². The van der Waals surface area contributed by atoms with Gasteiger partial charge < -0.3 is 19.3 Å². The third kappa shape index (κ3) is 5.13. The molecule has 0 N–H and O–H groups in total. The lowest BCUT2D eigenvalue weighted by Crippen LogP contribution is -2.47. The summed E-state index contributed by atoms with van der Waals surface area (Å²) >= 11 is 0. The van der Waals surface area contributed by atoms with Gasteiger partial charge in [-0.1, -0.05) is 18.2 Å². The number of nitrogens with zero attached hydrogens (tertiary/aromatic N) is 2. The molecule has 122 valence electrons. The van der Waals surface area contributed by atoms with Crippen LogP contribution in [0.2, 0.25) is 0 Å². The third-order valence-corrected chi connectivity index (χ3v) is 3.23. The van der Waals surface area contributed by atoms with Gasteiger partial charge in [0.15, 0.2) is 0 Å². The van der Waals surface area contributed by atoms with Crippen LogP contribution in [0.5, 0.6) is 0 Å². The minimum Gasteiger partial charge on any atom is -0.383 e. The molecule has 0 heterocycles. The van der Waals surface area contributed by atoms with Crippen LogP contribution in [0.4, 0.5) is 5.69 Å². The summed E-state index contributed by atoms with van der Waals surface area (Å²) in [6.45, 7) is 3.73. The Bertz CT molecular complexity index is 456. The molecule has 0 aliphatic heterocycles. The van der Waals surface area contributed by atoms with E-state index in [0.717, 1.165) is 0 Å². The van der Waals surface area contributed by atoms with Crippen LogP contribution in [-0.2, 0) is 19.1 Å². The molecule has 22 heavy (non-hydrogen) atoms. The molecule has 0 radical (unpaired) electrons. The first-order valence-corrected chi connectivity index (χ1v) is 7.29. The van der Waals surface area contributed by atoms with Crippen molar-refractivity contribution in [1.82, 2.24) is 4.90 Å². The number of amides is 2. The molecule has 0 aromatic heterocycles. The SMILES string of the molecule is CCN(C(=O)C(=O)N(CCOC)CCOC)c1ccccc1. The van der Waals surface area contributed by atoms with Crippen LogP contribution in [-0.4, -0.2) is 63.8 Å². The summed E-state index contributed by atoms with van der Waals surface area (Å²) in [5, 5.41) is 0. The maximum atomic E-state index is 12.5. The van der Waals surface area contributed by atoms with Crippen LogP contribution >= 0.6 is 0 Å². The van der Waals surface area contributed by atoms with E-state index in [4.69, 9.17) is 9.47 Å². The molecule has 1 aromatic rings. The number of anilines is 1. The molecule has 1 aromatic carbocycles. The van der Waals surface area contributed by atoms with Crippen LogP contribution in [0.15, 0.2) is 30.3 Å². The van der Waals surface area contributed by atoms with Gasteiger partial charge >= 0.3 is 11.8 Å². The Balaban J connectivity index is 2.83. The lowest BCUT2D eigenvalue weighted by atomic mass is 10.2. The molecule has 6 heteroatoms. The molecule has 0 saturated heterocycles. The number of rotatable bonds is 8. The van der Waals surface area contributed by atoms with Gasteiger partial charge in [-0.25, -0.2) is 0 Å². The van der Waals surface area contributed by atoms with Crippen molar-refractivity contribution in [2.45, 2.75) is 6.92 Å². The summed E-state index contributed by atoms with van der Waals surface area (Å²) in [6, 6.07) is 9.16. The second-order valence-corrected chi connectivity index (χ2v) is 4.66. The van der Waals surface area contributed by atoms with E-state index >= 15 is 0 Å². The molecule has 2 amide bonds. The monoisotopic (exact) mass is 308 g/mol. The second kappa shape index (κ2) is 9.92. The topological polar surface area (TPSA) is 59.1 Å². The van der Waals surface area contributed by atoms with Crippen LogP contribution in [0.25, 0.3) is 0 Å². The van der Waals surface area contributed by atoms with Crippen molar-refractivity contribution in [3.8, 4) is 0 Å². The third-order valence-electron chi connectivity index (χ3n) is 3.23. The van der Waals surface area contributed by atoms with Gasteiger partial charge in [0.1, 0.15) is 0 Å². The molecule has 0 unspecified atom stereocenters. The number of likely N-dealkylation sites (N-methyl/N-ethyl adjacent to an activating group) is 1. The molecular weight excluding hydrogens is 284 g/mol. The van der Waals surface area contributed by atoms with E-state index in [1.165, 1.54) is 9.80 Å². The molecule has 0 spiro atoms. The highest BCUT2D eigenvalue weighted by Gasteiger charge is 2.26. The molecule has 1 rings (SSSR count). The van der Waals surface area contributed by atoms with E-state index in [1.807, 2.05) is 37.3 Å². The number of carbonyl (C=O) groups is 2. The summed E-state index contributed by atoms with van der Waals surface area (Å²) in [5.41, 5.74) is 0.710. The van der Waals surface area contributed by atoms with Crippen molar-refractivity contribution >= 4 is 17.5 Å². The van der Waals surface area contributed by atoms with Crippen molar-refractivity contribution in [3.05, 3.63) is 30.3 Å². The summed E-state index contributed by atoms with van der Waals surface area (Å²) < 4.78 is 9.99. The highest BCUT2D eigenvalue weighted by molar-refractivity contribution is 6.40. The zero-order valence-electron chi connectivity index (χ0n) is 13.4. The van der Waals surface area contributed by atoms with Crippen molar-refractivity contribution in [1.29, 1.82) is 0 Å². The van der Waals surface area contributed by atoms with Gasteiger partial charge in [0.05, 0.1) is 13.2 Å². The molecular formula is C16H24N2O4. The van der Waals surface area contributed by atoms with Crippen molar-refractivity contribution < 1.29 is 19.1 Å². The van der Waals surface area contributed by atoms with Crippen LogP contribution < -0.4 is 4.90 Å². The lowest BCUT2D eigenvalue weighted by molar-refractivity contribution is -0.145. The summed E-state index contributed by atoms with van der Waals surface area (Å²) in [6.07, 6.45) is 0. The van der Waals surface area contributed by atoms with E-state index in [2.05, 4.69) is 0 Å². The van der Waals surface area contributed by atoms with E-state index < -0.39 is 11.8 Å². The first-order chi connectivity index (χ1) is 10.7. The normalized spacial score (nSPS) is 10.3. The lowest BCUT2D eigenvalue weighted by Gasteiger charge is -2.26. The van der Waals surface area contributed by atoms with Gasteiger partial charge in [-0.3, -0.25) is 9.59 Å². The first kappa shape index (κ1) is 18.1. The standard InChI is InChI=1S/C16H24N2O4/c1-4-18(14-8-6-5-7-9-14)16(20)15(19)17(10-12-21-2)11-13-22-3/h5-9H,4,10-13H2,1-3H3. The average molecular weight is 308 g/mol. The zero-order valence-corrected chi connectivity index (χ0v) is 13.4. The maximum Gasteiger partial charge on any atom is 0.316 e. The molecule has 0 fully saturated rings. The maximum absolute atomic E-state index is 12.5. The first-order valence-electron chi connectivity index (χ1n) is 7.29. The summed E-state index contributed by atoms with van der Waals surface area (Å²) in [5.74, 6) is -1.08. The van der Waals surface area contributed by atoms with Crippen LogP contribution in [0.1, 0.15) is 6.92 Å². The number of para-hydroxylation sites is 1. The Hall–Kier alpha value is -1.92. The van der Waals surface area contributed by atoms with Crippen molar-refractivity contribution in [2.24, 2.45) is 0 Å². The fourth-order valence-corrected chi connectivity index (χ4v) is 2.02. The molecule has 0 saturated carbocycles. The fourth-order valence-electron chi connectivity index (χ4n) is 2.02. The quantitative estimate of drug-likeness (QED) is 0.676. The second-order valence-electron chi connectivity index (χ2n) is 4.66. The van der Waals surface area contributed by atoms with Gasteiger partial charge in [-0.15, -0.1) is 0 Å². The zero-order chi connectivity index (χ0) is 16.4. The minimum absolute atomic E-state index is 0.358. The molecule has 0 atom stereocenters. The van der Waals surface area contributed by atoms with Crippen LogP contribution in [0.3, 0.4) is 0 Å². The number of ether oxygens (including phenoxy) is 2. The Kier molecular flexibility index (Phi) is 8.17. The molecule has 0 aliphatic rings. The fraction of sp³-hybridized carbons (Fsp3) is 0.500. The Morgan fingerprint density at radius 2 is 1.50 bits per heavy atom. The summed E-state index contributed by atoms with van der Waals surface area (Å²) in [7, 11) is 3.12. The van der Waals surface area contributed by atoms with E-state index in [-0.39, 0.29) is 0 Å². The van der Waals surface area contributed by atoms with Crippen LogP contribution in [0, 0.1) is 0 Å². The van der Waals surface area contributed by atoms with E-state index in [9.17, 15) is 9.59 Å². The molecule has 0 aliphatic carbocycles. The average Bonchev–Trinajstić information content (AvgIpc) is 2.56.